The van der Waals surface area contributed by atoms with Gasteiger partial charge >= 0.3 is 6.03 Å². The molecule has 0 aliphatic carbocycles. The first-order chi connectivity index (χ1) is 10.3. The van der Waals surface area contributed by atoms with Crippen molar-refractivity contribution >= 4 is 22.9 Å². The van der Waals surface area contributed by atoms with Crippen LogP contribution in [0.25, 0.3) is 11.0 Å². The lowest BCUT2D eigenvalue weighted by Crippen LogP contribution is -2.30. The van der Waals surface area contributed by atoms with Crippen LogP contribution < -0.4 is 10.6 Å². The standard InChI is InChI=1S/C14H14N6O/c21-14(20-13-9-15-7-8-16-13)17-6-5-12-18-10-3-1-2-4-11(10)19-12/h1-4,7-9H,5-6H2,(H,18,19)(H2,16,17,20,21). The van der Waals surface area contributed by atoms with E-state index in [2.05, 4.69) is 30.6 Å². The van der Waals surface area contributed by atoms with E-state index in [1.165, 1.54) is 12.4 Å². The Morgan fingerprint density at radius 2 is 2.14 bits per heavy atom. The Balaban J connectivity index is 1.50. The first-order valence-corrected chi connectivity index (χ1v) is 6.56. The third-order valence-electron chi connectivity index (χ3n) is 2.89. The molecule has 7 nitrogen and oxygen atoms in total. The van der Waals surface area contributed by atoms with Crippen LogP contribution in [0.5, 0.6) is 0 Å². The second kappa shape index (κ2) is 6.00. The lowest BCUT2D eigenvalue weighted by molar-refractivity contribution is 0.252. The van der Waals surface area contributed by atoms with Crippen molar-refractivity contribution in [1.82, 2.24) is 25.3 Å². The lowest BCUT2D eigenvalue weighted by atomic mass is 10.3. The van der Waals surface area contributed by atoms with E-state index in [1.807, 2.05) is 24.3 Å². The van der Waals surface area contributed by atoms with E-state index in [1.54, 1.807) is 6.20 Å². The van der Waals surface area contributed by atoms with Crippen molar-refractivity contribution in [2.24, 2.45) is 0 Å². The van der Waals surface area contributed by atoms with Gasteiger partial charge in [-0.05, 0) is 12.1 Å². The van der Waals surface area contributed by atoms with Gasteiger partial charge in [0.2, 0.25) is 0 Å². The van der Waals surface area contributed by atoms with Gasteiger partial charge in [0.25, 0.3) is 0 Å². The number of fused-ring (bicyclic) bond motifs is 1. The van der Waals surface area contributed by atoms with Gasteiger partial charge in [-0.1, -0.05) is 12.1 Å². The number of nitrogens with one attached hydrogen (secondary N) is 3. The quantitative estimate of drug-likeness (QED) is 0.679. The average Bonchev–Trinajstić information content (AvgIpc) is 2.91. The van der Waals surface area contributed by atoms with Crippen molar-refractivity contribution in [2.45, 2.75) is 6.42 Å². The largest absolute Gasteiger partial charge is 0.342 e. The molecule has 1 aromatic carbocycles. The fourth-order valence-corrected chi connectivity index (χ4v) is 1.94. The third kappa shape index (κ3) is 3.33. The van der Waals surface area contributed by atoms with Crippen LogP contribution in [0.4, 0.5) is 10.6 Å². The van der Waals surface area contributed by atoms with Crippen LogP contribution in [-0.4, -0.2) is 32.5 Å². The van der Waals surface area contributed by atoms with Gasteiger partial charge in [-0.3, -0.25) is 10.3 Å². The molecular formula is C14H14N6O. The van der Waals surface area contributed by atoms with Crippen molar-refractivity contribution in [1.29, 1.82) is 0 Å². The second-order valence-electron chi connectivity index (χ2n) is 4.42. The van der Waals surface area contributed by atoms with Gasteiger partial charge < -0.3 is 10.3 Å². The number of H-pyrrole nitrogens is 1. The van der Waals surface area contributed by atoms with Crippen LogP contribution in [-0.2, 0) is 6.42 Å². The normalized spacial score (nSPS) is 10.5. The highest BCUT2D eigenvalue weighted by Crippen LogP contribution is 2.10. The fourth-order valence-electron chi connectivity index (χ4n) is 1.94. The predicted octanol–water partition coefficient (Wildman–Crippen LogP) is 1.72. The van der Waals surface area contributed by atoms with Crippen molar-refractivity contribution in [3.8, 4) is 0 Å². The summed E-state index contributed by atoms with van der Waals surface area (Å²) in [5.41, 5.74) is 1.92. The predicted molar refractivity (Wildman–Crippen MR) is 78.9 cm³/mol. The van der Waals surface area contributed by atoms with Crippen LogP contribution in [0.15, 0.2) is 42.9 Å². The summed E-state index contributed by atoms with van der Waals surface area (Å²) >= 11 is 0. The number of para-hydroxylation sites is 2. The van der Waals surface area contributed by atoms with Gasteiger partial charge in [-0.15, -0.1) is 0 Å². The zero-order valence-corrected chi connectivity index (χ0v) is 11.2. The molecule has 21 heavy (non-hydrogen) atoms. The molecule has 0 fully saturated rings. The number of imidazole rings is 1. The summed E-state index contributed by atoms with van der Waals surface area (Å²) < 4.78 is 0. The van der Waals surface area contributed by atoms with Crippen LogP contribution in [0.3, 0.4) is 0 Å². The monoisotopic (exact) mass is 282 g/mol. The van der Waals surface area contributed by atoms with Gasteiger partial charge in [0, 0.05) is 25.4 Å². The molecule has 0 aliphatic heterocycles. The van der Waals surface area contributed by atoms with Crippen molar-refractivity contribution in [2.75, 3.05) is 11.9 Å². The molecule has 7 heteroatoms. The molecule has 2 amide bonds. The molecule has 3 N–H and O–H groups in total. The molecule has 0 spiro atoms. The summed E-state index contributed by atoms with van der Waals surface area (Å²) in [6, 6.07) is 7.51. The van der Waals surface area contributed by atoms with E-state index in [-0.39, 0.29) is 6.03 Å². The Hall–Kier alpha value is -2.96. The highest BCUT2D eigenvalue weighted by Gasteiger charge is 2.04. The second-order valence-corrected chi connectivity index (χ2v) is 4.42. The van der Waals surface area contributed by atoms with Crippen molar-refractivity contribution < 1.29 is 4.79 Å². The number of rotatable bonds is 4. The number of aromatic nitrogens is 4. The minimum atomic E-state index is -0.313. The van der Waals surface area contributed by atoms with E-state index >= 15 is 0 Å². The minimum absolute atomic E-state index is 0.313. The molecule has 0 unspecified atom stereocenters. The van der Waals surface area contributed by atoms with E-state index < -0.39 is 0 Å². The van der Waals surface area contributed by atoms with E-state index in [0.717, 1.165) is 16.9 Å². The number of nitrogens with zero attached hydrogens (tertiary/aromatic N) is 3. The molecule has 2 aromatic heterocycles. The Morgan fingerprint density at radius 1 is 1.24 bits per heavy atom. The highest BCUT2D eigenvalue weighted by atomic mass is 16.2. The molecule has 0 radical (unpaired) electrons. The van der Waals surface area contributed by atoms with E-state index in [4.69, 9.17) is 0 Å². The molecule has 0 bridgehead atoms. The summed E-state index contributed by atoms with van der Waals surface area (Å²) in [7, 11) is 0. The van der Waals surface area contributed by atoms with Gasteiger partial charge in [0.1, 0.15) is 5.82 Å². The summed E-state index contributed by atoms with van der Waals surface area (Å²) in [5, 5.41) is 5.35. The summed E-state index contributed by atoms with van der Waals surface area (Å²) in [6.07, 6.45) is 5.18. The number of carbonyl (C=O) groups is 1. The smallest absolute Gasteiger partial charge is 0.320 e. The van der Waals surface area contributed by atoms with Crippen molar-refractivity contribution in [3.63, 3.8) is 0 Å². The minimum Gasteiger partial charge on any atom is -0.342 e. The topological polar surface area (TPSA) is 95.6 Å². The van der Waals surface area contributed by atoms with Gasteiger partial charge in [0.05, 0.1) is 17.2 Å². The van der Waals surface area contributed by atoms with Crippen LogP contribution >= 0.6 is 0 Å². The maximum Gasteiger partial charge on any atom is 0.320 e. The zero-order chi connectivity index (χ0) is 14.5. The van der Waals surface area contributed by atoms with Gasteiger partial charge in [-0.2, -0.15) is 0 Å². The number of urea groups is 1. The summed E-state index contributed by atoms with van der Waals surface area (Å²) in [5.74, 6) is 1.26. The number of anilines is 1. The number of hydrogen-bond acceptors (Lipinski definition) is 4. The summed E-state index contributed by atoms with van der Waals surface area (Å²) in [6.45, 7) is 0.478. The maximum atomic E-state index is 11.7. The number of benzene rings is 1. The Bertz CT molecular complexity index is 706. The first-order valence-electron chi connectivity index (χ1n) is 6.56. The van der Waals surface area contributed by atoms with E-state index in [0.29, 0.717) is 18.8 Å². The molecule has 3 rings (SSSR count). The molecule has 0 saturated heterocycles. The summed E-state index contributed by atoms with van der Waals surface area (Å²) in [4.78, 5) is 27.1. The molecule has 3 aromatic rings. The molecule has 0 atom stereocenters. The van der Waals surface area contributed by atoms with Crippen LogP contribution in [0, 0.1) is 0 Å². The number of hydrogen-bond donors (Lipinski definition) is 3. The first kappa shape index (κ1) is 13.0. The Morgan fingerprint density at radius 3 is 2.95 bits per heavy atom. The number of carbonyl (C=O) groups excluding carboxylic acids is 1. The Kier molecular flexibility index (Phi) is 3.72. The van der Waals surface area contributed by atoms with E-state index in [9.17, 15) is 4.79 Å². The zero-order valence-electron chi connectivity index (χ0n) is 11.2. The van der Waals surface area contributed by atoms with Gasteiger partial charge in [-0.25, -0.2) is 14.8 Å². The molecule has 0 saturated carbocycles. The molecule has 2 heterocycles. The number of amides is 2. The molecular weight excluding hydrogens is 268 g/mol. The average molecular weight is 282 g/mol. The third-order valence-corrected chi connectivity index (χ3v) is 2.89. The SMILES string of the molecule is O=C(NCCc1nc2ccccc2[nH]1)Nc1cnccn1. The maximum absolute atomic E-state index is 11.7. The van der Waals surface area contributed by atoms with Crippen LogP contribution in [0.1, 0.15) is 5.82 Å². The molecule has 106 valence electrons. The van der Waals surface area contributed by atoms with Crippen LogP contribution in [0.2, 0.25) is 0 Å². The van der Waals surface area contributed by atoms with Crippen molar-refractivity contribution in [3.05, 3.63) is 48.7 Å². The Labute approximate surface area is 120 Å². The van der Waals surface area contributed by atoms with Gasteiger partial charge in [0.15, 0.2) is 5.82 Å². The lowest BCUT2D eigenvalue weighted by Gasteiger charge is -2.05. The number of aromatic amines is 1. The molecule has 0 aliphatic rings. The highest BCUT2D eigenvalue weighted by molar-refractivity contribution is 5.87. The fraction of sp³-hybridized carbons (Fsp3) is 0.143.